The van der Waals surface area contributed by atoms with Gasteiger partial charge in [0.1, 0.15) is 0 Å². The van der Waals surface area contributed by atoms with E-state index >= 15 is 0 Å². The van der Waals surface area contributed by atoms with Gasteiger partial charge in [0.25, 0.3) is 0 Å². The third-order valence-electron chi connectivity index (χ3n) is 4.44. The van der Waals surface area contributed by atoms with Crippen molar-refractivity contribution in [2.24, 2.45) is 0 Å². The molecule has 0 radical (unpaired) electrons. The van der Waals surface area contributed by atoms with Crippen molar-refractivity contribution in [1.29, 1.82) is 0 Å². The van der Waals surface area contributed by atoms with Crippen LogP contribution in [0.1, 0.15) is 24.4 Å². The zero-order valence-corrected chi connectivity index (χ0v) is 13.5. The highest BCUT2D eigenvalue weighted by molar-refractivity contribution is 5.97. The maximum atomic E-state index is 13.2. The Morgan fingerprint density at radius 3 is 2.20 bits per heavy atom. The zero-order chi connectivity index (χ0) is 17.9. The maximum Gasteiger partial charge on any atom is 0.471 e. The Kier molecular flexibility index (Phi) is 5.08. The van der Waals surface area contributed by atoms with Gasteiger partial charge in [-0.25, -0.2) is 0 Å². The van der Waals surface area contributed by atoms with Gasteiger partial charge in [0.05, 0.1) is 0 Å². The Labute approximate surface area is 144 Å². The fourth-order valence-corrected chi connectivity index (χ4v) is 3.29. The molecular formula is C19H19F3N2O. The smallest absolute Gasteiger partial charge is 0.310 e. The Hall–Kier alpha value is -2.34. The van der Waals surface area contributed by atoms with Gasteiger partial charge in [-0.15, -0.1) is 0 Å². The molecule has 2 aromatic carbocycles. The molecule has 1 aliphatic rings. The van der Waals surface area contributed by atoms with Crippen molar-refractivity contribution in [1.82, 2.24) is 5.32 Å². The minimum Gasteiger partial charge on any atom is -0.310 e. The molecule has 1 saturated heterocycles. The number of amides is 1. The van der Waals surface area contributed by atoms with Crippen LogP contribution in [0, 0.1) is 0 Å². The van der Waals surface area contributed by atoms with E-state index in [1.54, 1.807) is 30.3 Å². The van der Waals surface area contributed by atoms with Gasteiger partial charge in [0.15, 0.2) is 0 Å². The average Bonchev–Trinajstić information content (AvgIpc) is 2.63. The highest BCUT2D eigenvalue weighted by Crippen LogP contribution is 2.32. The summed E-state index contributed by atoms with van der Waals surface area (Å²) in [6.45, 7) is 0.554. The van der Waals surface area contributed by atoms with Gasteiger partial charge in [-0.1, -0.05) is 48.5 Å². The van der Waals surface area contributed by atoms with Crippen LogP contribution in [0.2, 0.25) is 0 Å². The molecule has 0 spiro atoms. The molecule has 1 N–H and O–H groups in total. The van der Waals surface area contributed by atoms with Crippen LogP contribution < -0.4 is 10.2 Å². The standard InChI is InChI=1S/C19H19F3N2O/c20-19(21,22)18(25)24(15-9-5-2-6-10-15)16-11-12-23-17(13-16)14-7-3-1-4-8-14/h1-10,16-17,23H,11-13H2/t16-,17+/m1/s1. The van der Waals surface area contributed by atoms with Gasteiger partial charge in [-0.05, 0) is 37.1 Å². The number of benzene rings is 2. The maximum absolute atomic E-state index is 13.2. The number of nitrogens with zero attached hydrogens (tertiary/aromatic N) is 1. The van der Waals surface area contributed by atoms with Crippen LogP contribution in [-0.2, 0) is 4.79 Å². The fraction of sp³-hybridized carbons (Fsp3) is 0.316. The molecule has 2 atom stereocenters. The topological polar surface area (TPSA) is 32.3 Å². The molecule has 3 rings (SSSR count). The van der Waals surface area contributed by atoms with Crippen LogP contribution in [-0.4, -0.2) is 24.7 Å². The molecule has 3 nitrogen and oxygen atoms in total. The predicted octanol–water partition coefficient (Wildman–Crippen LogP) is 4.08. The highest BCUT2D eigenvalue weighted by Gasteiger charge is 2.46. The van der Waals surface area contributed by atoms with E-state index in [2.05, 4.69) is 5.32 Å². The van der Waals surface area contributed by atoms with Crippen LogP contribution in [0.15, 0.2) is 60.7 Å². The number of nitrogens with one attached hydrogen (secondary N) is 1. The summed E-state index contributed by atoms with van der Waals surface area (Å²) in [5, 5.41) is 3.33. The summed E-state index contributed by atoms with van der Waals surface area (Å²) in [4.78, 5) is 13.0. The fourth-order valence-electron chi connectivity index (χ4n) is 3.29. The second-order valence-electron chi connectivity index (χ2n) is 6.10. The normalized spacial score (nSPS) is 20.9. The monoisotopic (exact) mass is 348 g/mol. The van der Waals surface area contributed by atoms with Crippen LogP contribution in [0.3, 0.4) is 0 Å². The number of hydrogen-bond donors (Lipinski definition) is 1. The van der Waals surface area contributed by atoms with Crippen molar-refractivity contribution in [2.75, 3.05) is 11.4 Å². The van der Waals surface area contributed by atoms with Crippen LogP contribution in [0.4, 0.5) is 18.9 Å². The Bertz CT molecular complexity index is 704. The molecule has 1 aliphatic heterocycles. The largest absolute Gasteiger partial charge is 0.471 e. The Morgan fingerprint density at radius 2 is 1.60 bits per heavy atom. The van der Waals surface area contributed by atoms with E-state index in [1.165, 1.54) is 0 Å². The van der Waals surface area contributed by atoms with E-state index in [-0.39, 0.29) is 11.7 Å². The molecule has 1 heterocycles. The van der Waals surface area contributed by atoms with Crippen molar-refractivity contribution in [3.8, 4) is 0 Å². The predicted molar refractivity (Wildman–Crippen MR) is 90.2 cm³/mol. The number of piperidine rings is 1. The molecule has 1 fully saturated rings. The first kappa shape index (κ1) is 17.5. The number of halogens is 3. The lowest BCUT2D eigenvalue weighted by Gasteiger charge is -2.38. The number of para-hydroxylation sites is 1. The van der Waals surface area contributed by atoms with Crippen molar-refractivity contribution in [2.45, 2.75) is 31.1 Å². The Morgan fingerprint density at radius 1 is 1.00 bits per heavy atom. The molecular weight excluding hydrogens is 329 g/mol. The molecule has 2 aromatic rings. The number of carbonyl (C=O) groups excluding carboxylic acids is 1. The van der Waals surface area contributed by atoms with E-state index in [1.807, 2.05) is 30.3 Å². The van der Waals surface area contributed by atoms with Gasteiger partial charge >= 0.3 is 12.1 Å². The molecule has 132 valence electrons. The summed E-state index contributed by atoms with van der Waals surface area (Å²) < 4.78 is 39.5. The summed E-state index contributed by atoms with van der Waals surface area (Å²) in [7, 11) is 0. The second kappa shape index (κ2) is 7.27. The van der Waals surface area contributed by atoms with Crippen LogP contribution in [0.25, 0.3) is 0 Å². The lowest BCUT2D eigenvalue weighted by molar-refractivity contribution is -0.171. The first-order chi connectivity index (χ1) is 12.0. The number of anilines is 1. The first-order valence-corrected chi connectivity index (χ1v) is 8.20. The summed E-state index contributed by atoms with van der Waals surface area (Å²) in [6.07, 6.45) is -4.00. The third-order valence-corrected chi connectivity index (χ3v) is 4.44. The first-order valence-electron chi connectivity index (χ1n) is 8.20. The van der Waals surface area contributed by atoms with E-state index in [0.717, 1.165) is 10.5 Å². The second-order valence-corrected chi connectivity index (χ2v) is 6.10. The van der Waals surface area contributed by atoms with Gasteiger partial charge in [-0.2, -0.15) is 13.2 Å². The minimum absolute atomic E-state index is 0.0767. The SMILES string of the molecule is O=C(N(c1ccccc1)[C@@H]1CCN[C@H](c2ccccc2)C1)C(F)(F)F. The molecule has 0 bridgehead atoms. The van der Waals surface area contributed by atoms with Crippen LogP contribution >= 0.6 is 0 Å². The molecule has 0 aromatic heterocycles. The van der Waals surface area contributed by atoms with Crippen molar-refractivity contribution in [3.63, 3.8) is 0 Å². The lowest BCUT2D eigenvalue weighted by atomic mass is 9.92. The summed E-state index contributed by atoms with van der Waals surface area (Å²) in [6, 6.07) is 17.1. The van der Waals surface area contributed by atoms with Gasteiger partial charge in [0, 0.05) is 17.8 Å². The minimum atomic E-state index is -4.90. The van der Waals surface area contributed by atoms with E-state index in [0.29, 0.717) is 19.4 Å². The molecule has 0 aliphatic carbocycles. The number of hydrogen-bond acceptors (Lipinski definition) is 2. The number of rotatable bonds is 3. The van der Waals surface area contributed by atoms with Gasteiger partial charge in [0.2, 0.25) is 0 Å². The molecule has 0 unspecified atom stereocenters. The zero-order valence-electron chi connectivity index (χ0n) is 13.5. The molecule has 25 heavy (non-hydrogen) atoms. The molecule has 6 heteroatoms. The van der Waals surface area contributed by atoms with E-state index in [4.69, 9.17) is 0 Å². The molecule has 0 saturated carbocycles. The quantitative estimate of drug-likeness (QED) is 0.907. The van der Waals surface area contributed by atoms with E-state index < -0.39 is 18.1 Å². The summed E-state index contributed by atoms with van der Waals surface area (Å²) >= 11 is 0. The van der Waals surface area contributed by atoms with Crippen LogP contribution in [0.5, 0.6) is 0 Å². The van der Waals surface area contributed by atoms with Crippen molar-refractivity contribution < 1.29 is 18.0 Å². The lowest BCUT2D eigenvalue weighted by Crippen LogP contribution is -2.51. The third kappa shape index (κ3) is 4.02. The Balaban J connectivity index is 1.89. The summed E-state index contributed by atoms with van der Waals surface area (Å²) in [5.41, 5.74) is 1.29. The summed E-state index contributed by atoms with van der Waals surface area (Å²) in [5.74, 6) is -1.81. The van der Waals surface area contributed by atoms with Crippen molar-refractivity contribution >= 4 is 11.6 Å². The van der Waals surface area contributed by atoms with Gasteiger partial charge < -0.3 is 10.2 Å². The number of carbonyl (C=O) groups is 1. The average molecular weight is 348 g/mol. The van der Waals surface area contributed by atoms with Crippen molar-refractivity contribution in [3.05, 3.63) is 66.2 Å². The van der Waals surface area contributed by atoms with E-state index in [9.17, 15) is 18.0 Å². The van der Waals surface area contributed by atoms with Gasteiger partial charge in [-0.3, -0.25) is 4.79 Å². The highest BCUT2D eigenvalue weighted by atomic mass is 19.4. The number of alkyl halides is 3. The molecule has 1 amide bonds.